The lowest BCUT2D eigenvalue weighted by Crippen LogP contribution is -2.59. The predicted molar refractivity (Wildman–Crippen MR) is 76.8 cm³/mol. The molecule has 1 saturated heterocycles. The zero-order valence-corrected chi connectivity index (χ0v) is 12.5. The van der Waals surface area contributed by atoms with Crippen LogP contribution in [-0.2, 0) is 4.79 Å². The summed E-state index contributed by atoms with van der Waals surface area (Å²) in [5.74, 6) is 1.73. The number of hydrogen-bond donors (Lipinski definition) is 1. The van der Waals surface area contributed by atoms with E-state index in [2.05, 4.69) is 13.8 Å². The van der Waals surface area contributed by atoms with Gasteiger partial charge in [0.2, 0.25) is 5.91 Å². The largest absolute Gasteiger partial charge is 0.341 e. The molecule has 1 amide bonds. The van der Waals surface area contributed by atoms with Crippen LogP contribution < -0.4 is 5.73 Å². The van der Waals surface area contributed by atoms with Gasteiger partial charge in [-0.05, 0) is 50.4 Å². The van der Waals surface area contributed by atoms with E-state index in [4.69, 9.17) is 5.73 Å². The summed E-state index contributed by atoms with van der Waals surface area (Å²) in [6.07, 6.45) is 6.44. The minimum Gasteiger partial charge on any atom is -0.341 e. The van der Waals surface area contributed by atoms with Crippen molar-refractivity contribution in [3.63, 3.8) is 0 Å². The van der Waals surface area contributed by atoms with Gasteiger partial charge in [-0.25, -0.2) is 0 Å². The molecule has 0 aromatic heterocycles. The minimum absolute atomic E-state index is 0. The van der Waals surface area contributed by atoms with Crippen molar-refractivity contribution in [2.24, 2.45) is 17.6 Å². The van der Waals surface area contributed by atoms with Crippen LogP contribution in [0.4, 0.5) is 0 Å². The highest BCUT2D eigenvalue weighted by Gasteiger charge is 2.42. The molecule has 2 N–H and O–H groups in total. The van der Waals surface area contributed by atoms with Gasteiger partial charge in [0, 0.05) is 13.1 Å². The molecule has 0 bridgehead atoms. The Morgan fingerprint density at radius 1 is 1.22 bits per heavy atom. The third-order valence-electron chi connectivity index (χ3n) is 4.67. The van der Waals surface area contributed by atoms with Gasteiger partial charge in [0.15, 0.2) is 0 Å². The standard InChI is InChI=1S/C14H26N2O.ClH/c1-11(2)12-5-3-9-16(10-6-12)13(17)14(15)7-4-8-14;/h11-12H,3-10,15H2,1-2H3;1H. The molecule has 1 heterocycles. The van der Waals surface area contributed by atoms with Crippen molar-refractivity contribution in [3.8, 4) is 0 Å². The first-order chi connectivity index (χ1) is 8.03. The molecule has 0 radical (unpaired) electrons. The summed E-state index contributed by atoms with van der Waals surface area (Å²) in [7, 11) is 0. The van der Waals surface area contributed by atoms with Crippen molar-refractivity contribution in [1.29, 1.82) is 0 Å². The van der Waals surface area contributed by atoms with Crippen LogP contribution in [0, 0.1) is 11.8 Å². The van der Waals surface area contributed by atoms with Crippen LogP contribution in [0.1, 0.15) is 52.4 Å². The Kier molecular flexibility index (Phi) is 5.47. The van der Waals surface area contributed by atoms with E-state index in [1.165, 1.54) is 6.42 Å². The Bertz CT molecular complexity index is 290. The quantitative estimate of drug-likeness (QED) is 0.841. The van der Waals surface area contributed by atoms with E-state index in [-0.39, 0.29) is 18.3 Å². The van der Waals surface area contributed by atoms with E-state index in [0.29, 0.717) is 0 Å². The summed E-state index contributed by atoms with van der Waals surface area (Å²) >= 11 is 0. The average molecular weight is 275 g/mol. The first-order valence-corrected chi connectivity index (χ1v) is 7.11. The van der Waals surface area contributed by atoms with Gasteiger partial charge in [0.05, 0.1) is 5.54 Å². The molecule has 3 nitrogen and oxygen atoms in total. The number of nitrogens with zero attached hydrogens (tertiary/aromatic N) is 1. The Morgan fingerprint density at radius 2 is 1.89 bits per heavy atom. The third kappa shape index (κ3) is 3.18. The molecule has 1 unspecified atom stereocenters. The molecule has 18 heavy (non-hydrogen) atoms. The second kappa shape index (κ2) is 6.25. The van der Waals surface area contributed by atoms with Crippen LogP contribution in [0.15, 0.2) is 0 Å². The summed E-state index contributed by atoms with van der Waals surface area (Å²) < 4.78 is 0. The summed E-state index contributed by atoms with van der Waals surface area (Å²) in [6.45, 7) is 6.42. The van der Waals surface area contributed by atoms with E-state index in [0.717, 1.165) is 57.0 Å². The van der Waals surface area contributed by atoms with Gasteiger partial charge < -0.3 is 10.6 Å². The van der Waals surface area contributed by atoms with E-state index in [1.807, 2.05) is 4.90 Å². The van der Waals surface area contributed by atoms with Gasteiger partial charge >= 0.3 is 0 Å². The number of carbonyl (C=O) groups excluding carboxylic acids is 1. The second-order valence-electron chi connectivity index (χ2n) is 6.24. The Labute approximate surface area is 117 Å². The van der Waals surface area contributed by atoms with Gasteiger partial charge in [-0.3, -0.25) is 4.79 Å². The minimum atomic E-state index is -0.502. The summed E-state index contributed by atoms with van der Waals surface area (Å²) in [6, 6.07) is 0. The molecular weight excluding hydrogens is 248 g/mol. The maximum absolute atomic E-state index is 12.3. The molecule has 4 heteroatoms. The SMILES string of the molecule is CC(C)C1CCCN(C(=O)C2(N)CCC2)CC1.Cl. The lowest BCUT2D eigenvalue weighted by atomic mass is 9.76. The van der Waals surface area contributed by atoms with E-state index < -0.39 is 5.54 Å². The van der Waals surface area contributed by atoms with Crippen molar-refractivity contribution in [2.75, 3.05) is 13.1 Å². The fourth-order valence-corrected chi connectivity index (χ4v) is 3.08. The summed E-state index contributed by atoms with van der Waals surface area (Å²) in [4.78, 5) is 14.4. The lowest BCUT2D eigenvalue weighted by Gasteiger charge is -2.40. The van der Waals surface area contributed by atoms with E-state index in [1.54, 1.807) is 0 Å². The molecule has 0 aromatic rings. The van der Waals surface area contributed by atoms with Crippen molar-refractivity contribution in [3.05, 3.63) is 0 Å². The van der Waals surface area contributed by atoms with E-state index >= 15 is 0 Å². The van der Waals surface area contributed by atoms with Gasteiger partial charge in [-0.2, -0.15) is 0 Å². The fourth-order valence-electron chi connectivity index (χ4n) is 3.08. The molecule has 2 rings (SSSR count). The predicted octanol–water partition coefficient (Wildman–Crippen LogP) is 2.57. The van der Waals surface area contributed by atoms with Gasteiger partial charge in [-0.1, -0.05) is 13.8 Å². The van der Waals surface area contributed by atoms with Crippen LogP contribution in [0.25, 0.3) is 0 Å². The lowest BCUT2D eigenvalue weighted by molar-refractivity contribution is -0.140. The summed E-state index contributed by atoms with van der Waals surface area (Å²) in [5.41, 5.74) is 5.63. The molecular formula is C14H27ClN2O. The monoisotopic (exact) mass is 274 g/mol. The van der Waals surface area contributed by atoms with Gasteiger partial charge in [0.25, 0.3) is 0 Å². The highest BCUT2D eigenvalue weighted by atomic mass is 35.5. The molecule has 1 aliphatic heterocycles. The van der Waals surface area contributed by atoms with Gasteiger partial charge in [-0.15, -0.1) is 12.4 Å². The van der Waals surface area contributed by atoms with Crippen LogP contribution in [0.3, 0.4) is 0 Å². The molecule has 106 valence electrons. The van der Waals surface area contributed by atoms with Crippen LogP contribution in [0.2, 0.25) is 0 Å². The highest BCUT2D eigenvalue weighted by molar-refractivity contribution is 5.87. The Hall–Kier alpha value is -0.280. The van der Waals surface area contributed by atoms with Crippen molar-refractivity contribution in [1.82, 2.24) is 4.90 Å². The topological polar surface area (TPSA) is 46.3 Å². The Balaban J connectivity index is 0.00000162. The average Bonchev–Trinajstić information content (AvgIpc) is 2.50. The second-order valence-corrected chi connectivity index (χ2v) is 6.24. The Morgan fingerprint density at radius 3 is 2.39 bits per heavy atom. The maximum Gasteiger partial charge on any atom is 0.242 e. The van der Waals surface area contributed by atoms with Crippen LogP contribution in [-0.4, -0.2) is 29.4 Å². The number of likely N-dealkylation sites (tertiary alicyclic amines) is 1. The third-order valence-corrected chi connectivity index (χ3v) is 4.67. The molecule has 1 saturated carbocycles. The fraction of sp³-hybridized carbons (Fsp3) is 0.929. The number of amides is 1. The molecule has 2 aliphatic rings. The zero-order chi connectivity index (χ0) is 12.5. The molecule has 1 atom stereocenters. The van der Waals surface area contributed by atoms with E-state index in [9.17, 15) is 4.79 Å². The van der Waals surface area contributed by atoms with Crippen LogP contribution >= 0.6 is 12.4 Å². The maximum atomic E-state index is 12.3. The highest BCUT2D eigenvalue weighted by Crippen LogP contribution is 2.32. The van der Waals surface area contributed by atoms with Crippen molar-refractivity contribution >= 4 is 18.3 Å². The first kappa shape index (κ1) is 15.8. The van der Waals surface area contributed by atoms with Crippen molar-refractivity contribution in [2.45, 2.75) is 57.9 Å². The van der Waals surface area contributed by atoms with Crippen LogP contribution in [0.5, 0.6) is 0 Å². The molecule has 0 aromatic carbocycles. The molecule has 0 spiro atoms. The zero-order valence-electron chi connectivity index (χ0n) is 11.7. The smallest absolute Gasteiger partial charge is 0.242 e. The first-order valence-electron chi connectivity index (χ1n) is 7.11. The van der Waals surface area contributed by atoms with Gasteiger partial charge in [0.1, 0.15) is 0 Å². The van der Waals surface area contributed by atoms with Crippen molar-refractivity contribution < 1.29 is 4.79 Å². The number of rotatable bonds is 2. The normalized spacial score (nSPS) is 27.1. The summed E-state index contributed by atoms with van der Waals surface area (Å²) in [5, 5.41) is 0. The number of hydrogen-bond acceptors (Lipinski definition) is 2. The molecule has 1 aliphatic carbocycles. The number of halogens is 1. The number of carbonyl (C=O) groups is 1. The number of nitrogens with two attached hydrogens (primary N) is 1. The molecule has 2 fully saturated rings.